The lowest BCUT2D eigenvalue weighted by molar-refractivity contribution is 0.311. The second kappa shape index (κ2) is 8.29. The molecule has 2 aromatic rings. The van der Waals surface area contributed by atoms with E-state index >= 15 is 0 Å². The summed E-state index contributed by atoms with van der Waals surface area (Å²) in [5, 5.41) is 3.75. The van der Waals surface area contributed by atoms with Crippen molar-refractivity contribution < 1.29 is 4.74 Å². The Morgan fingerprint density at radius 3 is 2.73 bits per heavy atom. The molecule has 0 radical (unpaired) electrons. The zero-order chi connectivity index (χ0) is 15.8. The van der Waals surface area contributed by atoms with Crippen molar-refractivity contribution in [3.05, 3.63) is 59.1 Å². The number of nitrogens with two attached hydrogens (primary N) is 1. The number of aryl methyl sites for hydroxylation is 1. The predicted molar refractivity (Wildman–Crippen MR) is 92.9 cm³/mol. The van der Waals surface area contributed by atoms with E-state index in [9.17, 15) is 0 Å². The topological polar surface area (TPSA) is 59.6 Å². The fraction of sp³-hybridized carbons (Fsp3) is 0.235. The second-order valence-electron chi connectivity index (χ2n) is 4.87. The SMILES string of the molecule is Cc1cc(Cl)ccc1OCCCN=C(N)Nc1ccccc1. The van der Waals surface area contributed by atoms with Crippen molar-refractivity contribution in [1.82, 2.24) is 0 Å². The molecule has 0 amide bonds. The Bertz CT molecular complexity index is 629. The predicted octanol–water partition coefficient (Wildman–Crippen LogP) is 3.84. The van der Waals surface area contributed by atoms with E-state index in [-0.39, 0.29) is 0 Å². The van der Waals surface area contributed by atoms with Gasteiger partial charge in [0.2, 0.25) is 0 Å². The Hall–Kier alpha value is -2.20. The van der Waals surface area contributed by atoms with Crippen LogP contribution in [0.2, 0.25) is 5.02 Å². The molecule has 5 heteroatoms. The van der Waals surface area contributed by atoms with E-state index in [0.29, 0.717) is 24.1 Å². The van der Waals surface area contributed by atoms with Crippen molar-refractivity contribution in [2.75, 3.05) is 18.5 Å². The Kier molecular flexibility index (Phi) is 6.10. The van der Waals surface area contributed by atoms with Gasteiger partial charge >= 0.3 is 0 Å². The number of anilines is 1. The maximum atomic E-state index is 5.91. The highest BCUT2D eigenvalue weighted by molar-refractivity contribution is 6.30. The van der Waals surface area contributed by atoms with Crippen molar-refractivity contribution in [2.45, 2.75) is 13.3 Å². The zero-order valence-electron chi connectivity index (χ0n) is 12.6. The molecule has 0 aromatic heterocycles. The first-order valence-electron chi connectivity index (χ1n) is 7.16. The standard InChI is InChI=1S/C17H20ClN3O/c1-13-12-14(18)8-9-16(13)22-11-5-10-20-17(19)21-15-6-3-2-4-7-15/h2-4,6-9,12H,5,10-11H2,1H3,(H3,19,20,21). The first-order valence-corrected chi connectivity index (χ1v) is 7.54. The van der Waals surface area contributed by atoms with Crippen LogP contribution in [0.15, 0.2) is 53.5 Å². The minimum Gasteiger partial charge on any atom is -0.493 e. The summed E-state index contributed by atoms with van der Waals surface area (Å²) in [4.78, 5) is 4.27. The summed E-state index contributed by atoms with van der Waals surface area (Å²) in [6.45, 7) is 3.17. The van der Waals surface area contributed by atoms with E-state index in [0.717, 1.165) is 23.4 Å². The van der Waals surface area contributed by atoms with Crippen molar-refractivity contribution >= 4 is 23.2 Å². The fourth-order valence-corrected chi connectivity index (χ4v) is 2.16. The van der Waals surface area contributed by atoms with Crippen LogP contribution >= 0.6 is 11.6 Å². The molecule has 0 saturated carbocycles. The van der Waals surface area contributed by atoms with Gasteiger partial charge in [0.15, 0.2) is 5.96 Å². The smallest absolute Gasteiger partial charge is 0.193 e. The van der Waals surface area contributed by atoms with Crippen molar-refractivity contribution in [3.63, 3.8) is 0 Å². The zero-order valence-corrected chi connectivity index (χ0v) is 13.3. The number of rotatable bonds is 6. The molecular weight excluding hydrogens is 298 g/mol. The van der Waals surface area contributed by atoms with Gasteiger partial charge in [-0.3, -0.25) is 4.99 Å². The minimum atomic E-state index is 0.411. The number of hydrogen-bond acceptors (Lipinski definition) is 2. The van der Waals surface area contributed by atoms with Crippen molar-refractivity contribution in [1.29, 1.82) is 0 Å². The van der Waals surface area contributed by atoms with Crippen LogP contribution in [-0.2, 0) is 0 Å². The molecule has 0 unspecified atom stereocenters. The van der Waals surface area contributed by atoms with Gasteiger partial charge in [-0.2, -0.15) is 0 Å². The minimum absolute atomic E-state index is 0.411. The maximum absolute atomic E-state index is 5.91. The van der Waals surface area contributed by atoms with E-state index < -0.39 is 0 Å². The highest BCUT2D eigenvalue weighted by Gasteiger charge is 2.00. The van der Waals surface area contributed by atoms with Crippen LogP contribution in [0.25, 0.3) is 0 Å². The summed E-state index contributed by atoms with van der Waals surface area (Å²) in [6.07, 6.45) is 0.791. The van der Waals surface area contributed by atoms with Crippen LogP contribution in [0.5, 0.6) is 5.75 Å². The van der Waals surface area contributed by atoms with Crippen LogP contribution < -0.4 is 15.8 Å². The molecule has 116 valence electrons. The quantitative estimate of drug-likeness (QED) is 0.483. The number of nitrogens with one attached hydrogen (secondary N) is 1. The molecule has 4 nitrogen and oxygen atoms in total. The van der Waals surface area contributed by atoms with Gasteiger partial charge in [0.1, 0.15) is 5.75 Å². The third-order valence-electron chi connectivity index (χ3n) is 3.03. The maximum Gasteiger partial charge on any atom is 0.193 e. The third-order valence-corrected chi connectivity index (χ3v) is 3.26. The number of ether oxygens (including phenoxy) is 1. The Morgan fingerprint density at radius 1 is 1.23 bits per heavy atom. The molecule has 0 spiro atoms. The van der Waals surface area contributed by atoms with E-state index in [1.165, 1.54) is 0 Å². The molecule has 2 rings (SSSR count). The first kappa shape index (κ1) is 16.2. The molecular formula is C17H20ClN3O. The normalized spacial score (nSPS) is 11.3. The van der Waals surface area contributed by atoms with Gasteiger partial charge < -0.3 is 15.8 Å². The third kappa shape index (κ3) is 5.30. The summed E-state index contributed by atoms with van der Waals surface area (Å²) in [5.74, 6) is 1.26. The lowest BCUT2D eigenvalue weighted by atomic mass is 10.2. The molecule has 0 aliphatic carbocycles. The number of halogens is 1. The molecule has 0 bridgehead atoms. The lowest BCUT2D eigenvalue weighted by Crippen LogP contribution is -2.23. The highest BCUT2D eigenvalue weighted by Crippen LogP contribution is 2.21. The summed E-state index contributed by atoms with van der Waals surface area (Å²) < 4.78 is 5.70. The molecule has 0 fully saturated rings. The lowest BCUT2D eigenvalue weighted by Gasteiger charge is -2.09. The van der Waals surface area contributed by atoms with Crippen molar-refractivity contribution in [3.8, 4) is 5.75 Å². The number of nitrogens with zero attached hydrogens (tertiary/aromatic N) is 1. The van der Waals surface area contributed by atoms with Gasteiger partial charge in [0.05, 0.1) is 6.61 Å². The molecule has 0 atom stereocenters. The largest absolute Gasteiger partial charge is 0.493 e. The van der Waals surface area contributed by atoms with Crippen LogP contribution in [0.4, 0.5) is 5.69 Å². The summed E-state index contributed by atoms with van der Waals surface area (Å²) >= 11 is 5.91. The second-order valence-corrected chi connectivity index (χ2v) is 5.31. The Morgan fingerprint density at radius 2 is 2.00 bits per heavy atom. The van der Waals surface area contributed by atoms with E-state index in [2.05, 4.69) is 10.3 Å². The molecule has 0 saturated heterocycles. The molecule has 0 heterocycles. The van der Waals surface area contributed by atoms with Crippen LogP contribution in [-0.4, -0.2) is 19.1 Å². The van der Waals surface area contributed by atoms with E-state index in [1.54, 1.807) is 0 Å². The molecule has 0 aliphatic rings. The number of hydrogen-bond donors (Lipinski definition) is 2. The monoisotopic (exact) mass is 317 g/mol. The van der Waals surface area contributed by atoms with Crippen LogP contribution in [0.1, 0.15) is 12.0 Å². The summed E-state index contributed by atoms with van der Waals surface area (Å²) in [6, 6.07) is 15.3. The van der Waals surface area contributed by atoms with Gasteiger partial charge in [-0.05, 0) is 42.8 Å². The van der Waals surface area contributed by atoms with E-state index in [4.69, 9.17) is 22.1 Å². The first-order chi connectivity index (χ1) is 10.6. The Balaban J connectivity index is 1.71. The number of para-hydroxylation sites is 1. The van der Waals surface area contributed by atoms with Crippen LogP contribution in [0.3, 0.4) is 0 Å². The number of guanidine groups is 1. The molecule has 2 aromatic carbocycles. The van der Waals surface area contributed by atoms with Crippen molar-refractivity contribution in [2.24, 2.45) is 10.7 Å². The van der Waals surface area contributed by atoms with Gasteiger partial charge in [-0.15, -0.1) is 0 Å². The molecule has 0 aliphatic heterocycles. The average Bonchev–Trinajstić information content (AvgIpc) is 2.50. The van der Waals surface area contributed by atoms with Gasteiger partial charge in [-0.1, -0.05) is 29.8 Å². The average molecular weight is 318 g/mol. The van der Waals surface area contributed by atoms with Gasteiger partial charge in [-0.25, -0.2) is 0 Å². The number of benzene rings is 2. The van der Waals surface area contributed by atoms with Gasteiger partial charge in [0, 0.05) is 23.7 Å². The molecule has 3 N–H and O–H groups in total. The highest BCUT2D eigenvalue weighted by atomic mass is 35.5. The number of aliphatic imine (C=N–C) groups is 1. The van der Waals surface area contributed by atoms with Gasteiger partial charge in [0.25, 0.3) is 0 Å². The van der Waals surface area contributed by atoms with E-state index in [1.807, 2.05) is 55.5 Å². The Labute approximate surface area is 136 Å². The fourth-order valence-electron chi connectivity index (χ4n) is 1.93. The summed E-state index contributed by atoms with van der Waals surface area (Å²) in [5.41, 5.74) is 7.78. The van der Waals surface area contributed by atoms with Crippen LogP contribution in [0, 0.1) is 6.92 Å². The molecule has 22 heavy (non-hydrogen) atoms. The summed E-state index contributed by atoms with van der Waals surface area (Å²) in [7, 11) is 0.